The molecule has 1 saturated heterocycles. The van der Waals surface area contributed by atoms with E-state index >= 15 is 0 Å². The first-order valence-electron chi connectivity index (χ1n) is 9.45. The van der Waals surface area contributed by atoms with E-state index in [4.69, 9.17) is 4.74 Å². The summed E-state index contributed by atoms with van der Waals surface area (Å²) in [4.78, 5) is 19.0. The minimum Gasteiger partial charge on any atom is -0.445 e. The molecule has 1 aromatic heterocycles. The van der Waals surface area contributed by atoms with E-state index in [0.29, 0.717) is 12.1 Å². The van der Waals surface area contributed by atoms with Gasteiger partial charge in [-0.2, -0.15) is 0 Å². The zero-order chi connectivity index (χ0) is 18.8. The number of benzene rings is 1. The van der Waals surface area contributed by atoms with Crippen molar-refractivity contribution in [2.45, 2.75) is 51.3 Å². The van der Waals surface area contributed by atoms with Crippen LogP contribution < -0.4 is 0 Å². The molecule has 0 N–H and O–H groups in total. The summed E-state index contributed by atoms with van der Waals surface area (Å²) in [5.74, 6) is -0.301. The van der Waals surface area contributed by atoms with Crippen molar-refractivity contribution in [3.8, 4) is 0 Å². The number of fused-ring (bicyclic) bond motifs is 2. The molecule has 0 saturated carbocycles. The van der Waals surface area contributed by atoms with Crippen molar-refractivity contribution in [2.24, 2.45) is 0 Å². The Labute approximate surface area is 158 Å². The van der Waals surface area contributed by atoms with E-state index in [1.165, 1.54) is 6.07 Å². The van der Waals surface area contributed by atoms with Gasteiger partial charge in [-0.15, -0.1) is 0 Å². The number of aryl methyl sites for hydroxylation is 1. The number of carbonyl (C=O) groups is 1. The van der Waals surface area contributed by atoms with E-state index in [0.717, 1.165) is 36.1 Å². The molecule has 0 radical (unpaired) electrons. The summed E-state index contributed by atoms with van der Waals surface area (Å²) in [6.45, 7) is 2.13. The number of piperidine rings is 1. The quantitative estimate of drug-likeness (QED) is 0.778. The van der Waals surface area contributed by atoms with Crippen LogP contribution in [0.5, 0.6) is 0 Å². The van der Waals surface area contributed by atoms with Gasteiger partial charge in [0.25, 0.3) is 0 Å². The number of hydrogen-bond acceptors (Lipinski definition) is 3. The minimum absolute atomic E-state index is 0.0359. The molecule has 27 heavy (non-hydrogen) atoms. The van der Waals surface area contributed by atoms with Gasteiger partial charge in [-0.05, 0) is 55.9 Å². The van der Waals surface area contributed by atoms with Crippen molar-refractivity contribution in [2.75, 3.05) is 0 Å². The van der Waals surface area contributed by atoms with Crippen LogP contribution >= 0.6 is 0 Å². The molecule has 2 aromatic rings. The van der Waals surface area contributed by atoms with Crippen LogP contribution in [0.4, 0.5) is 9.18 Å². The molecule has 4 nitrogen and oxygen atoms in total. The van der Waals surface area contributed by atoms with Gasteiger partial charge in [0, 0.05) is 11.7 Å². The normalized spacial score (nSPS) is 21.6. The van der Waals surface area contributed by atoms with Gasteiger partial charge in [0.1, 0.15) is 18.1 Å². The second kappa shape index (κ2) is 7.51. The highest BCUT2D eigenvalue weighted by atomic mass is 19.1. The van der Waals surface area contributed by atoms with Crippen LogP contribution in [-0.4, -0.2) is 28.1 Å². The van der Waals surface area contributed by atoms with Crippen LogP contribution in [0.2, 0.25) is 0 Å². The van der Waals surface area contributed by atoms with E-state index < -0.39 is 0 Å². The third-order valence-electron chi connectivity index (χ3n) is 5.34. The minimum atomic E-state index is -0.301. The summed E-state index contributed by atoms with van der Waals surface area (Å²) in [7, 11) is 0. The maximum atomic E-state index is 14.3. The number of amides is 1. The van der Waals surface area contributed by atoms with Crippen LogP contribution in [0.15, 0.2) is 48.5 Å². The number of ether oxygens (including phenoxy) is 1. The summed E-state index contributed by atoms with van der Waals surface area (Å²) < 4.78 is 19.8. The summed E-state index contributed by atoms with van der Waals surface area (Å²) in [6.07, 6.45) is 5.16. The highest BCUT2D eigenvalue weighted by Crippen LogP contribution is 2.37. The Hall–Kier alpha value is -2.69. The Kier molecular flexibility index (Phi) is 4.92. The molecule has 2 aliphatic heterocycles. The number of rotatable bonds is 3. The molecule has 1 aromatic carbocycles. The number of nitrogens with zero attached hydrogens (tertiary/aromatic N) is 2. The van der Waals surface area contributed by atoms with Gasteiger partial charge in [-0.3, -0.25) is 9.88 Å². The lowest BCUT2D eigenvalue weighted by Crippen LogP contribution is -2.51. The average Bonchev–Trinajstić information content (AvgIpc) is 2.68. The standard InChI is InChI=1S/C22H23FN2O2/c1-15-10-11-20(23)21(24-15)17-12-18-8-5-9-19(13-17)25(18)22(26)27-14-16-6-3-2-4-7-16/h2-4,6-7,10-12,18-19H,5,8-9,13-14H2,1H3. The Bertz CT molecular complexity index is 866. The number of carbonyl (C=O) groups excluding carboxylic acids is 1. The van der Waals surface area contributed by atoms with Crippen LogP contribution in [0.25, 0.3) is 5.57 Å². The lowest BCUT2D eigenvalue weighted by Gasteiger charge is -2.44. The molecule has 140 valence electrons. The Morgan fingerprint density at radius 3 is 2.81 bits per heavy atom. The summed E-state index contributed by atoms with van der Waals surface area (Å²) >= 11 is 0. The molecular formula is C22H23FN2O2. The van der Waals surface area contributed by atoms with Crippen molar-refractivity contribution in [3.05, 3.63) is 71.3 Å². The molecule has 2 bridgehead atoms. The van der Waals surface area contributed by atoms with Gasteiger partial charge < -0.3 is 4.74 Å². The maximum absolute atomic E-state index is 14.3. The Balaban J connectivity index is 1.53. The van der Waals surface area contributed by atoms with Gasteiger partial charge in [-0.1, -0.05) is 36.4 Å². The van der Waals surface area contributed by atoms with Crippen molar-refractivity contribution in [1.82, 2.24) is 9.88 Å². The molecule has 5 heteroatoms. The maximum Gasteiger partial charge on any atom is 0.410 e. The van der Waals surface area contributed by atoms with Crippen molar-refractivity contribution >= 4 is 11.7 Å². The van der Waals surface area contributed by atoms with E-state index in [9.17, 15) is 9.18 Å². The van der Waals surface area contributed by atoms with E-state index in [1.54, 1.807) is 6.07 Å². The van der Waals surface area contributed by atoms with Gasteiger partial charge in [0.2, 0.25) is 0 Å². The molecule has 3 heterocycles. The molecule has 2 unspecified atom stereocenters. The third-order valence-corrected chi connectivity index (χ3v) is 5.34. The third kappa shape index (κ3) is 3.72. The van der Waals surface area contributed by atoms with E-state index in [-0.39, 0.29) is 30.6 Å². The van der Waals surface area contributed by atoms with Gasteiger partial charge in [0.15, 0.2) is 0 Å². The summed E-state index contributed by atoms with van der Waals surface area (Å²) in [5.41, 5.74) is 3.08. The van der Waals surface area contributed by atoms with Crippen molar-refractivity contribution in [1.29, 1.82) is 0 Å². The molecule has 0 spiro atoms. The smallest absolute Gasteiger partial charge is 0.410 e. The first kappa shape index (κ1) is 17.7. The fourth-order valence-electron chi connectivity index (χ4n) is 4.05. The van der Waals surface area contributed by atoms with Gasteiger partial charge in [-0.25, -0.2) is 9.18 Å². The zero-order valence-electron chi connectivity index (χ0n) is 15.4. The average molecular weight is 366 g/mol. The number of hydrogen-bond donors (Lipinski definition) is 0. The lowest BCUT2D eigenvalue weighted by atomic mass is 9.84. The van der Waals surface area contributed by atoms with Crippen LogP contribution in [0.1, 0.15) is 42.6 Å². The molecule has 4 rings (SSSR count). The SMILES string of the molecule is Cc1ccc(F)c(C2=CC3CCCC(C2)N3C(=O)OCc2ccccc2)n1. The number of pyridine rings is 1. The van der Waals surface area contributed by atoms with Crippen LogP contribution in [0.3, 0.4) is 0 Å². The highest BCUT2D eigenvalue weighted by molar-refractivity contribution is 5.73. The molecule has 1 fully saturated rings. The zero-order valence-corrected chi connectivity index (χ0v) is 15.4. The van der Waals surface area contributed by atoms with E-state index in [2.05, 4.69) is 4.98 Å². The fraction of sp³-hybridized carbons (Fsp3) is 0.364. The fourth-order valence-corrected chi connectivity index (χ4v) is 4.05. The molecule has 0 aliphatic carbocycles. The molecule has 2 aliphatic rings. The van der Waals surface area contributed by atoms with E-state index in [1.807, 2.05) is 48.2 Å². The molecule has 1 amide bonds. The van der Waals surface area contributed by atoms with Crippen molar-refractivity contribution in [3.63, 3.8) is 0 Å². The van der Waals surface area contributed by atoms with Crippen LogP contribution in [0, 0.1) is 12.7 Å². The second-order valence-electron chi connectivity index (χ2n) is 7.28. The van der Waals surface area contributed by atoms with Gasteiger partial charge >= 0.3 is 6.09 Å². The summed E-state index contributed by atoms with van der Waals surface area (Å²) in [6, 6.07) is 12.8. The highest BCUT2D eigenvalue weighted by Gasteiger charge is 2.38. The first-order chi connectivity index (χ1) is 13.1. The number of halogens is 1. The predicted octanol–water partition coefficient (Wildman–Crippen LogP) is 4.88. The first-order valence-corrected chi connectivity index (χ1v) is 9.45. The Morgan fingerprint density at radius 1 is 1.22 bits per heavy atom. The largest absolute Gasteiger partial charge is 0.445 e. The van der Waals surface area contributed by atoms with Gasteiger partial charge in [0.05, 0.1) is 6.04 Å². The Morgan fingerprint density at radius 2 is 2.04 bits per heavy atom. The second-order valence-corrected chi connectivity index (χ2v) is 7.28. The molecular weight excluding hydrogens is 343 g/mol. The lowest BCUT2D eigenvalue weighted by molar-refractivity contribution is 0.0509. The summed E-state index contributed by atoms with van der Waals surface area (Å²) in [5, 5.41) is 0. The topological polar surface area (TPSA) is 42.4 Å². The number of aromatic nitrogens is 1. The van der Waals surface area contributed by atoms with Crippen molar-refractivity contribution < 1.29 is 13.9 Å². The van der Waals surface area contributed by atoms with Crippen LogP contribution in [-0.2, 0) is 11.3 Å². The monoisotopic (exact) mass is 366 g/mol. The molecule has 2 atom stereocenters. The predicted molar refractivity (Wildman–Crippen MR) is 101 cm³/mol.